The van der Waals surface area contributed by atoms with E-state index in [1.54, 1.807) is 14.1 Å². The maximum Gasteiger partial charge on any atom is 0.293 e. The van der Waals surface area contributed by atoms with Gasteiger partial charge in [-0.05, 0) is 12.3 Å². The van der Waals surface area contributed by atoms with E-state index < -0.39 is 11.8 Å². The van der Waals surface area contributed by atoms with Crippen LogP contribution in [-0.4, -0.2) is 34.7 Å². The van der Waals surface area contributed by atoms with Crippen LogP contribution in [0.3, 0.4) is 0 Å². The molecule has 1 fully saturated rings. The number of carbonyl (C=O) groups excluding carboxylic acids is 1. The summed E-state index contributed by atoms with van der Waals surface area (Å²) >= 11 is 0. The van der Waals surface area contributed by atoms with Gasteiger partial charge in [-0.1, -0.05) is 0 Å². The fourth-order valence-electron chi connectivity index (χ4n) is 2.75. The van der Waals surface area contributed by atoms with Crippen molar-refractivity contribution < 1.29 is 13.6 Å². The molecule has 0 saturated heterocycles. The number of aromatic nitrogens is 2. The molecule has 0 spiro atoms. The molecular formula is C11H13F2N3O. The van der Waals surface area contributed by atoms with Crippen LogP contribution in [0.15, 0.2) is 0 Å². The number of halogens is 2. The van der Waals surface area contributed by atoms with E-state index in [1.165, 1.54) is 11.9 Å². The molecule has 0 aromatic carbocycles. The minimum Gasteiger partial charge on any atom is -0.343 e. The zero-order valence-corrected chi connectivity index (χ0v) is 9.87. The number of carbonyl (C=O) groups is 1. The van der Waals surface area contributed by atoms with E-state index in [0.717, 1.165) is 4.68 Å². The zero-order valence-electron chi connectivity index (χ0n) is 9.87. The Kier molecular flexibility index (Phi) is 1.80. The van der Waals surface area contributed by atoms with E-state index in [4.69, 9.17) is 0 Å². The van der Waals surface area contributed by atoms with Crippen LogP contribution in [0.25, 0.3) is 0 Å². The van der Waals surface area contributed by atoms with E-state index in [2.05, 4.69) is 5.10 Å². The third-order valence-electron chi connectivity index (χ3n) is 3.64. The lowest BCUT2D eigenvalue weighted by molar-refractivity contribution is -0.0301. The molecule has 92 valence electrons. The maximum absolute atomic E-state index is 13.9. The third kappa shape index (κ3) is 1.15. The van der Waals surface area contributed by atoms with Crippen LogP contribution in [0.5, 0.6) is 0 Å². The van der Waals surface area contributed by atoms with Crippen LogP contribution in [0.2, 0.25) is 0 Å². The zero-order chi connectivity index (χ0) is 12.5. The molecule has 1 aromatic rings. The quantitative estimate of drug-likeness (QED) is 0.744. The van der Waals surface area contributed by atoms with Crippen molar-refractivity contribution >= 4 is 5.91 Å². The first-order valence-electron chi connectivity index (χ1n) is 5.52. The molecule has 2 aliphatic rings. The molecule has 0 bridgehead atoms. The minimum atomic E-state index is -2.83. The molecule has 1 aromatic heterocycles. The Balaban J connectivity index is 2.17. The van der Waals surface area contributed by atoms with E-state index in [9.17, 15) is 13.6 Å². The predicted octanol–water partition coefficient (Wildman–Crippen LogP) is 1.33. The summed E-state index contributed by atoms with van der Waals surface area (Å²) in [5.41, 5.74) is 0.599. The van der Waals surface area contributed by atoms with Crippen LogP contribution in [0.1, 0.15) is 34.1 Å². The second-order valence-corrected chi connectivity index (χ2v) is 5.01. The highest BCUT2D eigenvalue weighted by atomic mass is 19.3. The first-order chi connectivity index (χ1) is 7.85. The summed E-state index contributed by atoms with van der Waals surface area (Å²) in [6.45, 7) is 0. The van der Waals surface area contributed by atoms with Gasteiger partial charge in [0.2, 0.25) is 0 Å². The number of aryl methyl sites for hydroxylation is 1. The van der Waals surface area contributed by atoms with Gasteiger partial charge in [0.1, 0.15) is 5.69 Å². The Bertz CT molecular complexity index is 521. The average molecular weight is 241 g/mol. The van der Waals surface area contributed by atoms with Gasteiger partial charge >= 0.3 is 0 Å². The first kappa shape index (κ1) is 10.7. The number of amides is 1. The maximum atomic E-state index is 13.9. The molecule has 1 saturated carbocycles. The van der Waals surface area contributed by atoms with Gasteiger partial charge in [-0.3, -0.25) is 9.48 Å². The molecule has 4 nitrogen and oxygen atoms in total. The monoisotopic (exact) mass is 241 g/mol. The van der Waals surface area contributed by atoms with Gasteiger partial charge in [-0.2, -0.15) is 13.9 Å². The fourth-order valence-corrected chi connectivity index (χ4v) is 2.75. The molecule has 17 heavy (non-hydrogen) atoms. The van der Waals surface area contributed by atoms with Crippen LogP contribution in [0, 0.1) is 5.92 Å². The van der Waals surface area contributed by atoms with Crippen LogP contribution >= 0.6 is 0 Å². The summed E-state index contributed by atoms with van der Waals surface area (Å²) in [4.78, 5) is 13.3. The van der Waals surface area contributed by atoms with Gasteiger partial charge < -0.3 is 4.90 Å². The minimum absolute atomic E-state index is 0.0658. The van der Waals surface area contributed by atoms with Crippen molar-refractivity contribution in [1.82, 2.24) is 14.7 Å². The summed E-state index contributed by atoms with van der Waals surface area (Å²) in [6, 6.07) is 0. The molecule has 1 amide bonds. The highest BCUT2D eigenvalue weighted by Crippen LogP contribution is 2.67. The van der Waals surface area contributed by atoms with Gasteiger partial charge in [0.05, 0.1) is 0 Å². The second kappa shape index (κ2) is 2.86. The van der Waals surface area contributed by atoms with Crippen molar-refractivity contribution in [2.24, 2.45) is 13.0 Å². The Morgan fingerprint density at radius 3 is 2.76 bits per heavy atom. The molecule has 0 aliphatic heterocycles. The van der Waals surface area contributed by atoms with Gasteiger partial charge in [0, 0.05) is 32.6 Å². The Hall–Kier alpha value is -1.46. The summed E-state index contributed by atoms with van der Waals surface area (Å²) in [7, 11) is 4.67. The summed E-state index contributed by atoms with van der Waals surface area (Å²) in [6.07, 6.45) is 0.472. The van der Waals surface area contributed by atoms with Gasteiger partial charge in [-0.25, -0.2) is 0 Å². The molecule has 0 unspecified atom stereocenters. The molecule has 0 N–H and O–H groups in total. The van der Waals surface area contributed by atoms with Crippen molar-refractivity contribution in [3.63, 3.8) is 0 Å². The molecule has 3 rings (SSSR count). The lowest BCUT2D eigenvalue weighted by atomic mass is 10.1. The van der Waals surface area contributed by atoms with Crippen molar-refractivity contribution in [2.75, 3.05) is 14.1 Å². The predicted molar refractivity (Wildman–Crippen MR) is 56.0 cm³/mol. The lowest BCUT2D eigenvalue weighted by Gasteiger charge is -2.12. The highest BCUT2D eigenvalue weighted by Gasteiger charge is 2.66. The molecule has 6 heteroatoms. The number of nitrogens with zero attached hydrogens (tertiary/aromatic N) is 3. The standard InChI is InChI=1S/C11H13F2N3O/c1-15(2)10(17)8-7-5-4-6(5)11(12,13)9(7)16(3)14-8/h5-6H,4H2,1-3H3/t5-,6+/m0/s1. The molecule has 1 heterocycles. The second-order valence-electron chi connectivity index (χ2n) is 5.01. The summed E-state index contributed by atoms with van der Waals surface area (Å²) < 4.78 is 29.0. The van der Waals surface area contributed by atoms with E-state index >= 15 is 0 Å². The summed E-state index contributed by atoms with van der Waals surface area (Å²) in [5, 5.41) is 3.97. The van der Waals surface area contributed by atoms with Gasteiger partial charge in [0.25, 0.3) is 11.8 Å². The average Bonchev–Trinajstić information content (AvgIpc) is 2.90. The number of alkyl halides is 2. The SMILES string of the molecule is CN(C)C(=O)c1nn(C)c2c1[C@H]1C[C@H]1C2(F)F. The van der Waals surface area contributed by atoms with Crippen molar-refractivity contribution in [2.45, 2.75) is 18.3 Å². The van der Waals surface area contributed by atoms with Crippen molar-refractivity contribution in [1.29, 1.82) is 0 Å². The first-order valence-corrected chi connectivity index (χ1v) is 5.52. The largest absolute Gasteiger partial charge is 0.343 e. The van der Waals surface area contributed by atoms with Crippen LogP contribution in [0.4, 0.5) is 8.78 Å². The number of hydrogen-bond acceptors (Lipinski definition) is 2. The molecule has 0 radical (unpaired) electrons. The van der Waals surface area contributed by atoms with Gasteiger partial charge in [-0.15, -0.1) is 0 Å². The number of fused-ring (bicyclic) bond motifs is 3. The topological polar surface area (TPSA) is 38.1 Å². The fraction of sp³-hybridized carbons (Fsp3) is 0.636. The molecule has 2 aliphatic carbocycles. The van der Waals surface area contributed by atoms with Gasteiger partial charge in [0.15, 0.2) is 5.69 Å². The molecule has 2 atom stereocenters. The smallest absolute Gasteiger partial charge is 0.293 e. The summed E-state index contributed by atoms with van der Waals surface area (Å²) in [5.74, 6) is -3.92. The number of hydrogen-bond donors (Lipinski definition) is 0. The number of rotatable bonds is 1. The lowest BCUT2D eigenvalue weighted by Crippen LogP contribution is -2.23. The molecular weight excluding hydrogens is 228 g/mol. The van der Waals surface area contributed by atoms with Crippen molar-refractivity contribution in [3.05, 3.63) is 17.0 Å². The third-order valence-corrected chi connectivity index (χ3v) is 3.64. The van der Waals surface area contributed by atoms with Crippen LogP contribution < -0.4 is 0 Å². The normalized spacial score (nSPS) is 27.6. The van der Waals surface area contributed by atoms with E-state index in [0.29, 0.717) is 12.0 Å². The Labute approximate surface area is 97.2 Å². The van der Waals surface area contributed by atoms with Crippen LogP contribution in [-0.2, 0) is 13.0 Å². The Morgan fingerprint density at radius 2 is 2.18 bits per heavy atom. The highest BCUT2D eigenvalue weighted by molar-refractivity contribution is 5.94. The van der Waals surface area contributed by atoms with E-state index in [1.807, 2.05) is 0 Å². The van der Waals surface area contributed by atoms with E-state index in [-0.39, 0.29) is 23.2 Å². The van der Waals surface area contributed by atoms with Crippen molar-refractivity contribution in [3.8, 4) is 0 Å². The Morgan fingerprint density at radius 1 is 1.53 bits per heavy atom.